The van der Waals surface area contributed by atoms with E-state index in [0.717, 1.165) is 12.8 Å². The molecule has 0 bridgehead atoms. The minimum Gasteiger partial charge on any atom is -0.447 e. The van der Waals surface area contributed by atoms with Crippen LogP contribution in [0.2, 0.25) is 0 Å². The SMILES string of the molecule is CNCc1ccc(S(=O)(=O)N2CCC(C)CC2C)o1. The number of piperidine rings is 1. The van der Waals surface area contributed by atoms with Crippen LogP contribution in [0.3, 0.4) is 0 Å². The Balaban J connectivity index is 2.21. The van der Waals surface area contributed by atoms with Crippen molar-refractivity contribution in [2.45, 2.75) is 44.4 Å². The molecule has 2 rings (SSSR count). The summed E-state index contributed by atoms with van der Waals surface area (Å²) in [5.74, 6) is 1.22. The predicted molar refractivity (Wildman–Crippen MR) is 73.2 cm³/mol. The monoisotopic (exact) mass is 286 g/mol. The fourth-order valence-electron chi connectivity index (χ4n) is 2.62. The summed E-state index contributed by atoms with van der Waals surface area (Å²) in [6, 6.07) is 3.29. The fourth-order valence-corrected chi connectivity index (χ4v) is 4.21. The summed E-state index contributed by atoms with van der Waals surface area (Å²) in [5.41, 5.74) is 0. The van der Waals surface area contributed by atoms with E-state index in [2.05, 4.69) is 12.2 Å². The van der Waals surface area contributed by atoms with E-state index < -0.39 is 10.0 Å². The van der Waals surface area contributed by atoms with Gasteiger partial charge in [0.05, 0.1) is 6.54 Å². The lowest BCUT2D eigenvalue weighted by atomic mass is 9.95. The second-order valence-electron chi connectivity index (χ2n) is 5.35. The highest BCUT2D eigenvalue weighted by Gasteiger charge is 2.35. The fraction of sp³-hybridized carbons (Fsp3) is 0.692. The van der Waals surface area contributed by atoms with Gasteiger partial charge in [0, 0.05) is 12.6 Å². The Hall–Kier alpha value is -0.850. The van der Waals surface area contributed by atoms with Gasteiger partial charge in [0.2, 0.25) is 5.09 Å². The number of hydrogen-bond acceptors (Lipinski definition) is 4. The largest absolute Gasteiger partial charge is 0.447 e. The van der Waals surface area contributed by atoms with Gasteiger partial charge >= 0.3 is 0 Å². The lowest BCUT2D eigenvalue weighted by Gasteiger charge is -2.34. The minimum absolute atomic E-state index is 0.0339. The highest BCUT2D eigenvalue weighted by molar-refractivity contribution is 7.89. The summed E-state index contributed by atoms with van der Waals surface area (Å²) in [4.78, 5) is 0. The molecule has 2 atom stereocenters. The Kier molecular flexibility index (Phi) is 4.32. The third-order valence-electron chi connectivity index (χ3n) is 3.63. The van der Waals surface area contributed by atoms with Crippen LogP contribution < -0.4 is 5.32 Å². The molecule has 2 heterocycles. The van der Waals surface area contributed by atoms with E-state index in [9.17, 15) is 8.42 Å². The van der Waals surface area contributed by atoms with Gasteiger partial charge in [-0.2, -0.15) is 4.31 Å². The van der Waals surface area contributed by atoms with Crippen LogP contribution in [-0.4, -0.2) is 32.4 Å². The quantitative estimate of drug-likeness (QED) is 0.917. The summed E-state index contributed by atoms with van der Waals surface area (Å²) < 4.78 is 32.1. The van der Waals surface area contributed by atoms with Crippen molar-refractivity contribution < 1.29 is 12.8 Å². The second kappa shape index (κ2) is 5.64. The van der Waals surface area contributed by atoms with E-state index in [1.165, 1.54) is 0 Å². The van der Waals surface area contributed by atoms with E-state index >= 15 is 0 Å². The van der Waals surface area contributed by atoms with Crippen molar-refractivity contribution in [1.29, 1.82) is 0 Å². The Labute approximate surface area is 115 Å². The normalized spacial score (nSPS) is 25.6. The van der Waals surface area contributed by atoms with Gasteiger partial charge < -0.3 is 9.73 Å². The Morgan fingerprint density at radius 2 is 2.16 bits per heavy atom. The molecule has 0 spiro atoms. The number of furan rings is 1. The molecule has 19 heavy (non-hydrogen) atoms. The Morgan fingerprint density at radius 3 is 2.79 bits per heavy atom. The zero-order valence-corrected chi connectivity index (χ0v) is 12.5. The van der Waals surface area contributed by atoms with E-state index in [0.29, 0.717) is 24.8 Å². The van der Waals surface area contributed by atoms with Crippen molar-refractivity contribution in [2.24, 2.45) is 5.92 Å². The van der Waals surface area contributed by atoms with Crippen LogP contribution in [0.5, 0.6) is 0 Å². The van der Waals surface area contributed by atoms with Crippen molar-refractivity contribution in [1.82, 2.24) is 9.62 Å². The number of rotatable bonds is 4. The predicted octanol–water partition coefficient (Wildman–Crippen LogP) is 1.81. The topological polar surface area (TPSA) is 62.6 Å². The number of sulfonamides is 1. The molecule has 0 aromatic carbocycles. The van der Waals surface area contributed by atoms with E-state index in [4.69, 9.17) is 4.42 Å². The average molecular weight is 286 g/mol. The van der Waals surface area contributed by atoms with Gasteiger partial charge in [0.25, 0.3) is 10.0 Å². The first-order valence-electron chi connectivity index (χ1n) is 6.70. The zero-order valence-electron chi connectivity index (χ0n) is 11.7. The lowest BCUT2D eigenvalue weighted by molar-refractivity contribution is 0.215. The van der Waals surface area contributed by atoms with Crippen LogP contribution in [0.1, 0.15) is 32.4 Å². The third-order valence-corrected chi connectivity index (χ3v) is 5.52. The van der Waals surface area contributed by atoms with Crippen LogP contribution in [0.25, 0.3) is 0 Å². The van der Waals surface area contributed by atoms with Crippen LogP contribution in [-0.2, 0) is 16.6 Å². The molecule has 0 aliphatic carbocycles. The van der Waals surface area contributed by atoms with Gasteiger partial charge in [-0.05, 0) is 44.9 Å². The van der Waals surface area contributed by atoms with Gasteiger partial charge in [-0.15, -0.1) is 0 Å². The molecule has 0 amide bonds. The summed E-state index contributed by atoms with van der Waals surface area (Å²) in [6.07, 6.45) is 1.82. The summed E-state index contributed by atoms with van der Waals surface area (Å²) in [5, 5.41) is 3.00. The van der Waals surface area contributed by atoms with Crippen molar-refractivity contribution in [3.05, 3.63) is 17.9 Å². The molecule has 1 aliphatic heterocycles. The molecule has 0 radical (unpaired) electrons. The van der Waals surface area contributed by atoms with Crippen molar-refractivity contribution >= 4 is 10.0 Å². The minimum atomic E-state index is -3.49. The van der Waals surface area contributed by atoms with Gasteiger partial charge in [0.15, 0.2) is 0 Å². The molecule has 6 heteroatoms. The molecule has 0 saturated carbocycles. The Morgan fingerprint density at radius 1 is 1.42 bits per heavy atom. The smallest absolute Gasteiger partial charge is 0.276 e. The molecule has 1 saturated heterocycles. The highest BCUT2D eigenvalue weighted by atomic mass is 32.2. The first kappa shape index (κ1) is 14.6. The zero-order chi connectivity index (χ0) is 14.0. The molecular formula is C13H22N2O3S. The first-order chi connectivity index (χ1) is 8.95. The maximum atomic E-state index is 12.5. The molecule has 1 aromatic rings. The molecule has 108 valence electrons. The molecule has 1 N–H and O–H groups in total. The number of nitrogens with zero attached hydrogens (tertiary/aromatic N) is 1. The number of nitrogens with one attached hydrogen (secondary N) is 1. The standard InChI is InChI=1S/C13H22N2O3S/c1-10-6-7-15(11(2)8-10)19(16,17)13-5-4-12(18-13)9-14-3/h4-5,10-11,14H,6-9H2,1-3H3. The maximum absolute atomic E-state index is 12.5. The van der Waals surface area contributed by atoms with Gasteiger partial charge in [-0.25, -0.2) is 8.42 Å². The highest BCUT2D eigenvalue weighted by Crippen LogP contribution is 2.28. The molecular weight excluding hydrogens is 264 g/mol. The average Bonchev–Trinajstić information content (AvgIpc) is 2.78. The van der Waals surface area contributed by atoms with Crippen LogP contribution in [0.15, 0.2) is 21.6 Å². The molecule has 1 aliphatic rings. The molecule has 2 unspecified atom stereocenters. The summed E-state index contributed by atoms with van der Waals surface area (Å²) in [6.45, 7) is 5.23. The van der Waals surface area contributed by atoms with E-state index in [1.54, 1.807) is 23.5 Å². The van der Waals surface area contributed by atoms with Crippen molar-refractivity contribution in [3.63, 3.8) is 0 Å². The van der Waals surface area contributed by atoms with Crippen LogP contribution in [0, 0.1) is 5.92 Å². The van der Waals surface area contributed by atoms with Gasteiger partial charge in [-0.1, -0.05) is 6.92 Å². The summed E-state index contributed by atoms with van der Waals surface area (Å²) in [7, 11) is -1.70. The Bertz CT molecular complexity index is 524. The van der Waals surface area contributed by atoms with Crippen LogP contribution >= 0.6 is 0 Å². The number of hydrogen-bond donors (Lipinski definition) is 1. The van der Waals surface area contributed by atoms with Gasteiger partial charge in [0.1, 0.15) is 5.76 Å². The maximum Gasteiger partial charge on any atom is 0.276 e. The molecule has 1 fully saturated rings. The molecule has 5 nitrogen and oxygen atoms in total. The van der Waals surface area contributed by atoms with E-state index in [-0.39, 0.29) is 11.1 Å². The van der Waals surface area contributed by atoms with Crippen molar-refractivity contribution in [3.8, 4) is 0 Å². The second-order valence-corrected chi connectivity index (χ2v) is 7.17. The molecule has 1 aromatic heterocycles. The first-order valence-corrected chi connectivity index (χ1v) is 8.14. The van der Waals surface area contributed by atoms with Crippen molar-refractivity contribution in [2.75, 3.05) is 13.6 Å². The summed E-state index contributed by atoms with van der Waals surface area (Å²) >= 11 is 0. The van der Waals surface area contributed by atoms with E-state index in [1.807, 2.05) is 6.92 Å². The van der Waals surface area contributed by atoms with Crippen LogP contribution in [0.4, 0.5) is 0 Å². The lowest BCUT2D eigenvalue weighted by Crippen LogP contribution is -2.43. The van der Waals surface area contributed by atoms with Gasteiger partial charge in [-0.3, -0.25) is 0 Å². The third kappa shape index (κ3) is 3.01.